The first-order chi connectivity index (χ1) is 13.3. The molecule has 1 aliphatic heterocycles. The Morgan fingerprint density at radius 2 is 2.19 bits per heavy atom. The van der Waals surface area contributed by atoms with Crippen molar-refractivity contribution >= 4 is 5.91 Å². The van der Waals surface area contributed by atoms with E-state index < -0.39 is 0 Å². The van der Waals surface area contributed by atoms with Gasteiger partial charge in [0.1, 0.15) is 12.4 Å². The van der Waals surface area contributed by atoms with Crippen molar-refractivity contribution in [3.05, 3.63) is 65.9 Å². The lowest BCUT2D eigenvalue weighted by Crippen LogP contribution is -2.42. The Bertz CT molecular complexity index is 945. The largest absolute Gasteiger partial charge is 0.475 e. The maximum absolute atomic E-state index is 12.9. The molecule has 1 amide bonds. The minimum atomic E-state index is -0.0964. The van der Waals surface area contributed by atoms with Gasteiger partial charge in [-0.2, -0.15) is 0 Å². The molecule has 0 bridgehead atoms. The van der Waals surface area contributed by atoms with Crippen LogP contribution in [0.25, 0.3) is 0 Å². The Balaban J connectivity index is 1.33. The van der Waals surface area contributed by atoms with Crippen LogP contribution in [0.15, 0.2) is 53.3 Å². The van der Waals surface area contributed by atoms with Gasteiger partial charge in [-0.1, -0.05) is 11.2 Å². The average Bonchev–Trinajstić information content (AvgIpc) is 3.24. The fourth-order valence-corrected chi connectivity index (χ4v) is 3.54. The zero-order valence-electron chi connectivity index (χ0n) is 14.8. The van der Waals surface area contributed by atoms with Gasteiger partial charge in [-0.3, -0.25) is 4.79 Å². The van der Waals surface area contributed by atoms with Crippen LogP contribution in [0.5, 0.6) is 5.88 Å². The summed E-state index contributed by atoms with van der Waals surface area (Å²) in [5.41, 5.74) is 1.47. The summed E-state index contributed by atoms with van der Waals surface area (Å²) in [5.74, 6) is 1.76. The summed E-state index contributed by atoms with van der Waals surface area (Å²) in [6.07, 6.45) is 5.97. The van der Waals surface area contributed by atoms with Gasteiger partial charge in [0.2, 0.25) is 5.88 Å². The molecule has 1 fully saturated rings. The monoisotopic (exact) mass is 364 g/mol. The molecular weight excluding hydrogens is 344 g/mol. The third-order valence-electron chi connectivity index (χ3n) is 5.12. The molecule has 2 aliphatic rings. The minimum absolute atomic E-state index is 0.0181. The molecule has 4 heterocycles. The minimum Gasteiger partial charge on any atom is -0.475 e. The molecule has 5 rings (SSSR count). The van der Waals surface area contributed by atoms with E-state index in [0.717, 1.165) is 24.3 Å². The topological polar surface area (TPSA) is 73.4 Å². The maximum Gasteiger partial charge on any atom is 0.276 e. The molecule has 0 N–H and O–H groups in total. The molecule has 1 unspecified atom stereocenters. The lowest BCUT2D eigenvalue weighted by molar-refractivity contribution is 0.0635. The number of aromatic nitrogens is 3. The van der Waals surface area contributed by atoms with E-state index in [2.05, 4.69) is 14.7 Å². The van der Waals surface area contributed by atoms with Crippen molar-refractivity contribution in [2.24, 2.45) is 0 Å². The third kappa shape index (κ3) is 3.20. The lowest BCUT2D eigenvalue weighted by Gasteiger charge is -2.34. The first-order valence-electron chi connectivity index (χ1n) is 9.23. The van der Waals surface area contributed by atoms with Gasteiger partial charge in [-0.25, -0.2) is 4.98 Å². The van der Waals surface area contributed by atoms with Gasteiger partial charge in [-0.15, -0.1) is 0 Å². The Morgan fingerprint density at radius 1 is 1.26 bits per heavy atom. The Morgan fingerprint density at radius 3 is 3.00 bits per heavy atom. The number of nitrogens with zero attached hydrogens (tertiary/aromatic N) is 4. The molecule has 7 heteroatoms. The number of ether oxygens (including phenoxy) is 1. The van der Waals surface area contributed by atoms with Crippen molar-refractivity contribution in [2.45, 2.75) is 31.3 Å². The number of amides is 1. The van der Waals surface area contributed by atoms with Gasteiger partial charge in [0.05, 0.1) is 12.6 Å². The van der Waals surface area contributed by atoms with Gasteiger partial charge in [0.15, 0.2) is 5.69 Å². The highest BCUT2D eigenvalue weighted by molar-refractivity contribution is 5.92. The summed E-state index contributed by atoms with van der Waals surface area (Å²) in [7, 11) is 0. The van der Waals surface area contributed by atoms with Crippen molar-refractivity contribution in [3.63, 3.8) is 0 Å². The SMILES string of the molecule is O=C(c1cc(C2CC2)on1)N1Cc2cccn2C(COc2ccccn2)C1. The summed E-state index contributed by atoms with van der Waals surface area (Å²) in [4.78, 5) is 19.0. The van der Waals surface area contributed by atoms with Crippen molar-refractivity contribution in [1.82, 2.24) is 19.6 Å². The normalized spacial score (nSPS) is 19.0. The van der Waals surface area contributed by atoms with Crippen LogP contribution in [0.3, 0.4) is 0 Å². The van der Waals surface area contributed by atoms with Crippen LogP contribution in [-0.2, 0) is 6.54 Å². The molecule has 1 atom stereocenters. The van der Waals surface area contributed by atoms with Gasteiger partial charge in [-0.05, 0) is 31.0 Å². The summed E-state index contributed by atoms with van der Waals surface area (Å²) < 4.78 is 13.4. The second-order valence-corrected chi connectivity index (χ2v) is 7.11. The van der Waals surface area contributed by atoms with Gasteiger partial charge in [0, 0.05) is 42.7 Å². The molecule has 0 aromatic carbocycles. The predicted molar refractivity (Wildman–Crippen MR) is 96.4 cm³/mol. The van der Waals surface area contributed by atoms with E-state index in [1.807, 2.05) is 41.4 Å². The highest BCUT2D eigenvalue weighted by Crippen LogP contribution is 2.40. The average molecular weight is 364 g/mol. The number of hydrogen-bond acceptors (Lipinski definition) is 5. The first-order valence-corrected chi connectivity index (χ1v) is 9.23. The van der Waals surface area contributed by atoms with Crippen molar-refractivity contribution in [3.8, 4) is 5.88 Å². The molecule has 0 saturated heterocycles. The van der Waals surface area contributed by atoms with E-state index in [1.54, 1.807) is 12.3 Å². The quantitative estimate of drug-likeness (QED) is 0.696. The first kappa shape index (κ1) is 16.1. The fourth-order valence-electron chi connectivity index (χ4n) is 3.54. The number of carbonyl (C=O) groups is 1. The van der Waals surface area contributed by atoms with Gasteiger partial charge in [0.25, 0.3) is 5.91 Å². The van der Waals surface area contributed by atoms with Crippen molar-refractivity contribution in [2.75, 3.05) is 13.2 Å². The third-order valence-corrected chi connectivity index (χ3v) is 5.12. The molecule has 138 valence electrons. The molecule has 1 saturated carbocycles. The van der Waals surface area contributed by atoms with Gasteiger partial charge < -0.3 is 18.7 Å². The van der Waals surface area contributed by atoms with E-state index in [0.29, 0.717) is 37.2 Å². The highest BCUT2D eigenvalue weighted by atomic mass is 16.5. The van der Waals surface area contributed by atoms with Crippen LogP contribution in [-0.4, -0.2) is 38.7 Å². The van der Waals surface area contributed by atoms with Crippen LogP contribution in [0, 0.1) is 0 Å². The molecule has 27 heavy (non-hydrogen) atoms. The Hall–Kier alpha value is -3.09. The number of fused-ring (bicyclic) bond motifs is 1. The van der Waals surface area contributed by atoms with Crippen LogP contribution >= 0.6 is 0 Å². The number of hydrogen-bond donors (Lipinski definition) is 0. The van der Waals surface area contributed by atoms with E-state index in [9.17, 15) is 4.79 Å². The van der Waals surface area contributed by atoms with Crippen LogP contribution < -0.4 is 4.74 Å². The summed E-state index contributed by atoms with van der Waals surface area (Å²) in [5, 5.41) is 4.00. The second-order valence-electron chi connectivity index (χ2n) is 7.11. The summed E-state index contributed by atoms with van der Waals surface area (Å²) >= 11 is 0. The lowest BCUT2D eigenvalue weighted by atomic mass is 10.1. The maximum atomic E-state index is 12.9. The molecule has 0 radical (unpaired) electrons. The van der Waals surface area contributed by atoms with Crippen LogP contribution in [0.2, 0.25) is 0 Å². The van der Waals surface area contributed by atoms with Crippen molar-refractivity contribution in [1.29, 1.82) is 0 Å². The zero-order valence-corrected chi connectivity index (χ0v) is 14.8. The molecule has 3 aromatic rings. The van der Waals surface area contributed by atoms with E-state index >= 15 is 0 Å². The molecular formula is C20H20N4O3. The number of pyridine rings is 1. The Kier molecular flexibility index (Phi) is 3.92. The molecule has 1 aliphatic carbocycles. The van der Waals surface area contributed by atoms with E-state index in [1.165, 1.54) is 0 Å². The summed E-state index contributed by atoms with van der Waals surface area (Å²) in [6.45, 7) is 1.55. The van der Waals surface area contributed by atoms with Crippen LogP contribution in [0.1, 0.15) is 46.7 Å². The van der Waals surface area contributed by atoms with Crippen molar-refractivity contribution < 1.29 is 14.1 Å². The standard InChI is InChI=1S/C20H20N4O3/c25-20(17-10-18(27-22-17)14-6-7-14)23-11-15-4-3-9-24(15)16(12-23)13-26-19-5-1-2-8-21-19/h1-5,8-10,14,16H,6-7,11-13H2. The Labute approximate surface area is 156 Å². The number of rotatable bonds is 5. The predicted octanol–water partition coefficient (Wildman–Crippen LogP) is 3.02. The van der Waals surface area contributed by atoms with Crippen LogP contribution in [0.4, 0.5) is 0 Å². The smallest absolute Gasteiger partial charge is 0.276 e. The van der Waals surface area contributed by atoms with E-state index in [4.69, 9.17) is 9.26 Å². The summed E-state index contributed by atoms with van der Waals surface area (Å²) in [6, 6.07) is 11.4. The van der Waals surface area contributed by atoms with E-state index in [-0.39, 0.29) is 11.9 Å². The fraction of sp³-hybridized carbons (Fsp3) is 0.350. The second kappa shape index (κ2) is 6.57. The van der Waals surface area contributed by atoms with Gasteiger partial charge >= 0.3 is 0 Å². The number of carbonyl (C=O) groups excluding carboxylic acids is 1. The highest BCUT2D eigenvalue weighted by Gasteiger charge is 2.32. The molecule has 0 spiro atoms. The zero-order chi connectivity index (χ0) is 18.2. The molecule has 3 aromatic heterocycles. The molecule has 7 nitrogen and oxygen atoms in total.